The van der Waals surface area contributed by atoms with Gasteiger partial charge in [0.15, 0.2) is 0 Å². The molecule has 0 aromatic heterocycles. The number of benzene rings is 2. The van der Waals surface area contributed by atoms with Crippen molar-refractivity contribution in [3.8, 4) is 0 Å². The van der Waals surface area contributed by atoms with E-state index in [1.165, 1.54) is 12.1 Å². The summed E-state index contributed by atoms with van der Waals surface area (Å²) < 4.78 is 0. The van der Waals surface area contributed by atoms with Crippen molar-refractivity contribution < 1.29 is 19.5 Å². The molecule has 0 saturated carbocycles. The number of amides is 2. The highest BCUT2D eigenvalue weighted by Crippen LogP contribution is 2.18. The van der Waals surface area contributed by atoms with E-state index in [0.717, 1.165) is 11.1 Å². The van der Waals surface area contributed by atoms with E-state index < -0.39 is 17.9 Å². The van der Waals surface area contributed by atoms with Gasteiger partial charge in [0.1, 0.15) is 6.04 Å². The summed E-state index contributed by atoms with van der Waals surface area (Å²) in [5.74, 6) is -1.94. The first-order valence-corrected chi connectivity index (χ1v) is 8.71. The van der Waals surface area contributed by atoms with Crippen LogP contribution >= 0.6 is 0 Å². The highest BCUT2D eigenvalue weighted by molar-refractivity contribution is 6.02. The molecule has 0 heterocycles. The van der Waals surface area contributed by atoms with E-state index in [1.807, 2.05) is 26.8 Å². The van der Waals surface area contributed by atoms with E-state index in [-0.39, 0.29) is 17.4 Å². The molecule has 2 rings (SSSR count). The third-order valence-corrected chi connectivity index (χ3v) is 4.26. The van der Waals surface area contributed by atoms with Crippen LogP contribution in [-0.2, 0) is 4.79 Å². The fourth-order valence-corrected chi connectivity index (χ4v) is 2.65. The van der Waals surface area contributed by atoms with Gasteiger partial charge in [-0.15, -0.1) is 0 Å². The largest absolute Gasteiger partial charge is 0.478 e. The number of rotatable bonds is 6. The quantitative estimate of drug-likeness (QED) is 0.728. The van der Waals surface area contributed by atoms with Gasteiger partial charge in [-0.1, -0.05) is 37.6 Å². The van der Waals surface area contributed by atoms with E-state index in [1.54, 1.807) is 31.2 Å². The normalized spacial score (nSPS) is 11.7. The van der Waals surface area contributed by atoms with Crippen molar-refractivity contribution in [2.75, 3.05) is 5.32 Å². The lowest BCUT2D eigenvalue weighted by molar-refractivity contribution is -0.118. The summed E-state index contributed by atoms with van der Waals surface area (Å²) in [5.41, 5.74) is 2.67. The molecule has 2 aromatic rings. The van der Waals surface area contributed by atoms with Crippen LogP contribution in [0.3, 0.4) is 0 Å². The number of carboxylic acids is 1. The topological polar surface area (TPSA) is 95.5 Å². The average molecular weight is 368 g/mol. The Bertz CT molecular complexity index is 874. The number of nitrogens with one attached hydrogen (secondary N) is 2. The molecule has 0 aliphatic carbocycles. The highest BCUT2D eigenvalue weighted by atomic mass is 16.4. The van der Waals surface area contributed by atoms with Crippen LogP contribution in [0.2, 0.25) is 0 Å². The molecule has 1 unspecified atom stereocenters. The molecule has 0 aliphatic heterocycles. The third-order valence-electron chi connectivity index (χ3n) is 4.26. The van der Waals surface area contributed by atoms with Crippen molar-refractivity contribution >= 4 is 23.5 Å². The van der Waals surface area contributed by atoms with Crippen LogP contribution in [0.1, 0.15) is 45.7 Å². The van der Waals surface area contributed by atoms with Gasteiger partial charge in [-0.25, -0.2) is 4.79 Å². The van der Waals surface area contributed by atoms with Crippen LogP contribution in [0, 0.1) is 19.8 Å². The minimum Gasteiger partial charge on any atom is -0.478 e. The number of anilines is 1. The lowest BCUT2D eigenvalue weighted by atomic mass is 10.0. The smallest absolute Gasteiger partial charge is 0.335 e. The molecule has 2 aromatic carbocycles. The molecule has 0 aliphatic rings. The Morgan fingerprint density at radius 3 is 2.26 bits per heavy atom. The summed E-state index contributed by atoms with van der Waals surface area (Å²) >= 11 is 0. The van der Waals surface area contributed by atoms with Crippen LogP contribution in [0.25, 0.3) is 0 Å². The van der Waals surface area contributed by atoms with Crippen LogP contribution < -0.4 is 10.6 Å². The Balaban J connectivity index is 2.19. The van der Waals surface area contributed by atoms with Crippen LogP contribution in [0.15, 0.2) is 42.5 Å². The number of aromatic carboxylic acids is 1. The molecular weight excluding hydrogens is 344 g/mol. The lowest BCUT2D eigenvalue weighted by Crippen LogP contribution is -2.47. The maximum atomic E-state index is 12.7. The molecule has 0 radical (unpaired) electrons. The number of hydrogen-bond acceptors (Lipinski definition) is 3. The van der Waals surface area contributed by atoms with E-state index in [2.05, 4.69) is 10.6 Å². The van der Waals surface area contributed by atoms with Crippen molar-refractivity contribution in [1.29, 1.82) is 0 Å². The van der Waals surface area contributed by atoms with Gasteiger partial charge in [0.25, 0.3) is 5.91 Å². The highest BCUT2D eigenvalue weighted by Gasteiger charge is 2.25. The monoisotopic (exact) mass is 368 g/mol. The summed E-state index contributed by atoms with van der Waals surface area (Å²) in [6.07, 6.45) is 0. The zero-order valence-corrected chi connectivity index (χ0v) is 15.9. The van der Waals surface area contributed by atoms with E-state index in [4.69, 9.17) is 5.11 Å². The second-order valence-corrected chi connectivity index (χ2v) is 6.89. The standard InChI is InChI=1S/C21H24N2O4/c1-12(2)18(23-19(24)15-7-5-6-13(3)10-15)20(25)22-17-11-16(21(26)27)9-8-14(17)4/h5-12,18H,1-4H3,(H,22,25)(H,23,24)(H,26,27). The first-order valence-electron chi connectivity index (χ1n) is 8.71. The number of carboxylic acid groups (broad SMARTS) is 1. The van der Waals surface area contributed by atoms with Crippen molar-refractivity contribution in [1.82, 2.24) is 5.32 Å². The predicted octanol–water partition coefficient (Wildman–Crippen LogP) is 3.39. The van der Waals surface area contributed by atoms with Crippen molar-refractivity contribution in [3.05, 3.63) is 64.7 Å². The fraction of sp³-hybridized carbons (Fsp3) is 0.286. The average Bonchev–Trinajstić information content (AvgIpc) is 2.60. The Kier molecular flexibility index (Phi) is 6.34. The number of carbonyl (C=O) groups excluding carboxylic acids is 2. The van der Waals surface area contributed by atoms with Crippen molar-refractivity contribution in [2.45, 2.75) is 33.7 Å². The van der Waals surface area contributed by atoms with Crippen LogP contribution in [0.4, 0.5) is 5.69 Å². The van der Waals surface area contributed by atoms with Gasteiger partial charge < -0.3 is 15.7 Å². The third kappa shape index (κ3) is 5.17. The Labute approximate surface area is 158 Å². The lowest BCUT2D eigenvalue weighted by Gasteiger charge is -2.22. The molecule has 2 amide bonds. The minimum atomic E-state index is -1.07. The van der Waals surface area contributed by atoms with Gasteiger partial charge in [-0.2, -0.15) is 0 Å². The summed E-state index contributed by atoms with van der Waals surface area (Å²) in [6.45, 7) is 7.33. The summed E-state index contributed by atoms with van der Waals surface area (Å²) in [5, 5.41) is 14.6. The molecule has 0 spiro atoms. The van der Waals surface area contributed by atoms with E-state index in [9.17, 15) is 14.4 Å². The second-order valence-electron chi connectivity index (χ2n) is 6.89. The Morgan fingerprint density at radius 1 is 0.963 bits per heavy atom. The fourth-order valence-electron chi connectivity index (χ4n) is 2.65. The van der Waals surface area contributed by atoms with Gasteiger partial charge in [0.05, 0.1) is 5.56 Å². The number of carbonyl (C=O) groups is 3. The SMILES string of the molecule is Cc1cccc(C(=O)NC(C(=O)Nc2cc(C(=O)O)ccc2C)C(C)C)c1. The van der Waals surface area contributed by atoms with Gasteiger partial charge in [-0.3, -0.25) is 9.59 Å². The van der Waals surface area contributed by atoms with E-state index in [0.29, 0.717) is 11.3 Å². The molecule has 3 N–H and O–H groups in total. The van der Waals surface area contributed by atoms with Crippen molar-refractivity contribution in [2.24, 2.45) is 5.92 Å². The van der Waals surface area contributed by atoms with Crippen LogP contribution in [0.5, 0.6) is 0 Å². The molecule has 0 saturated heterocycles. The summed E-state index contributed by atoms with van der Waals surface area (Å²) in [4.78, 5) is 36.4. The van der Waals surface area contributed by atoms with Crippen LogP contribution in [-0.4, -0.2) is 28.9 Å². The minimum absolute atomic E-state index is 0.0841. The summed E-state index contributed by atoms with van der Waals surface area (Å²) in [6, 6.07) is 10.9. The first kappa shape index (κ1) is 20.2. The summed E-state index contributed by atoms with van der Waals surface area (Å²) in [7, 11) is 0. The Morgan fingerprint density at radius 2 is 1.67 bits per heavy atom. The molecular formula is C21H24N2O4. The maximum absolute atomic E-state index is 12.7. The molecule has 6 nitrogen and oxygen atoms in total. The van der Waals surface area contributed by atoms with Gasteiger partial charge in [-0.05, 0) is 49.6 Å². The first-order chi connectivity index (χ1) is 12.7. The van der Waals surface area contributed by atoms with Gasteiger partial charge in [0.2, 0.25) is 5.91 Å². The molecule has 0 fully saturated rings. The zero-order valence-electron chi connectivity index (χ0n) is 15.9. The van der Waals surface area contributed by atoms with E-state index >= 15 is 0 Å². The number of aryl methyl sites for hydroxylation is 2. The van der Waals surface area contributed by atoms with Gasteiger partial charge >= 0.3 is 5.97 Å². The second kappa shape index (κ2) is 8.49. The molecule has 1 atom stereocenters. The molecule has 6 heteroatoms. The van der Waals surface area contributed by atoms with Gasteiger partial charge in [0, 0.05) is 11.3 Å². The van der Waals surface area contributed by atoms with Crippen molar-refractivity contribution in [3.63, 3.8) is 0 Å². The Hall–Kier alpha value is -3.15. The molecule has 27 heavy (non-hydrogen) atoms. The molecule has 0 bridgehead atoms. The number of hydrogen-bond donors (Lipinski definition) is 3. The molecule has 142 valence electrons. The zero-order chi connectivity index (χ0) is 20.1. The maximum Gasteiger partial charge on any atom is 0.335 e. The predicted molar refractivity (Wildman–Crippen MR) is 104 cm³/mol.